The van der Waals surface area contributed by atoms with Gasteiger partial charge in [-0.15, -0.1) is 0 Å². The molecule has 0 fully saturated rings. The Bertz CT molecular complexity index is 3340. The number of anilines is 3. The van der Waals surface area contributed by atoms with E-state index in [2.05, 4.69) is 240 Å². The van der Waals surface area contributed by atoms with Gasteiger partial charge in [-0.3, -0.25) is 0 Å². The second-order valence-corrected chi connectivity index (χ2v) is 15.7. The number of benzene rings is 10. The van der Waals surface area contributed by atoms with Crippen molar-refractivity contribution in [1.29, 1.82) is 0 Å². The molecular weight excluding hydrogens is 713 g/mol. The van der Waals surface area contributed by atoms with Crippen molar-refractivity contribution >= 4 is 60.4 Å². The molecule has 1 aliphatic rings. The van der Waals surface area contributed by atoms with Gasteiger partial charge in [-0.05, 0) is 109 Å². The first kappa shape index (κ1) is 33.5. The van der Waals surface area contributed by atoms with E-state index in [4.69, 9.17) is 0 Å². The number of rotatable bonds is 6. The Hall–Kier alpha value is -7.68. The van der Waals surface area contributed by atoms with E-state index in [1.807, 2.05) is 0 Å². The molecule has 0 spiro atoms. The van der Waals surface area contributed by atoms with Crippen molar-refractivity contribution in [1.82, 2.24) is 4.57 Å². The molecule has 0 saturated carbocycles. The summed E-state index contributed by atoms with van der Waals surface area (Å²) in [7, 11) is 0. The van der Waals surface area contributed by atoms with Gasteiger partial charge in [0.05, 0.1) is 11.0 Å². The number of hydrogen-bond acceptors (Lipinski definition) is 1. The topological polar surface area (TPSA) is 8.17 Å². The van der Waals surface area contributed by atoms with Gasteiger partial charge in [0, 0.05) is 27.8 Å². The standard InChI is InChI=1S/C57H38N2/c1-2-19-44(20-3-1)58(45-33-30-41(31-34-45)48-25-14-18-40-16-6-7-21-47(40)48)46-35-36-52-51-24-10-13-28-55(51)59(56(52)38-46)57(43-32-29-39-15-4-5-17-42(39)37-43)53-26-11-8-22-49(53)50-23-9-12-27-54(50)57/h1-38H. The second kappa shape index (κ2) is 13.2. The van der Waals surface area contributed by atoms with E-state index in [-0.39, 0.29) is 0 Å². The maximum absolute atomic E-state index is 2.66. The second-order valence-electron chi connectivity index (χ2n) is 15.7. The fourth-order valence-corrected chi connectivity index (χ4v) is 10.1. The average Bonchev–Trinajstić information content (AvgIpc) is 3.79. The number of fused-ring (bicyclic) bond motifs is 8. The Morgan fingerprint density at radius 1 is 0.322 bits per heavy atom. The Kier molecular flexibility index (Phi) is 7.48. The van der Waals surface area contributed by atoms with Gasteiger partial charge in [-0.2, -0.15) is 0 Å². The van der Waals surface area contributed by atoms with Gasteiger partial charge in [-0.1, -0.05) is 182 Å². The Morgan fingerprint density at radius 2 is 0.881 bits per heavy atom. The van der Waals surface area contributed by atoms with E-state index < -0.39 is 5.54 Å². The first-order valence-electron chi connectivity index (χ1n) is 20.4. The number of nitrogens with zero attached hydrogens (tertiary/aromatic N) is 2. The molecule has 1 aromatic heterocycles. The van der Waals surface area contributed by atoms with Crippen LogP contribution in [0, 0.1) is 0 Å². The van der Waals surface area contributed by atoms with Crippen molar-refractivity contribution < 1.29 is 0 Å². The monoisotopic (exact) mass is 750 g/mol. The van der Waals surface area contributed by atoms with E-state index in [9.17, 15) is 0 Å². The highest BCUT2D eigenvalue weighted by molar-refractivity contribution is 6.10. The average molecular weight is 751 g/mol. The minimum absolute atomic E-state index is 0.658. The van der Waals surface area contributed by atoms with Crippen molar-refractivity contribution in [3.63, 3.8) is 0 Å². The van der Waals surface area contributed by atoms with Crippen LogP contribution < -0.4 is 4.90 Å². The molecule has 0 amide bonds. The number of hydrogen-bond donors (Lipinski definition) is 0. The lowest BCUT2D eigenvalue weighted by Gasteiger charge is -2.37. The van der Waals surface area contributed by atoms with Crippen LogP contribution in [0.5, 0.6) is 0 Å². The molecule has 0 saturated heterocycles. The molecule has 0 unspecified atom stereocenters. The van der Waals surface area contributed by atoms with Crippen LogP contribution in [0.4, 0.5) is 17.1 Å². The zero-order chi connectivity index (χ0) is 38.9. The maximum Gasteiger partial charge on any atom is 0.122 e. The first-order valence-corrected chi connectivity index (χ1v) is 20.4. The normalized spacial score (nSPS) is 12.9. The first-order chi connectivity index (χ1) is 29.3. The molecule has 0 aliphatic heterocycles. The third-order valence-corrected chi connectivity index (χ3v) is 12.6. The minimum atomic E-state index is -0.658. The van der Waals surface area contributed by atoms with Crippen LogP contribution in [0.3, 0.4) is 0 Å². The molecule has 59 heavy (non-hydrogen) atoms. The fraction of sp³-hybridized carbons (Fsp3) is 0.0175. The molecule has 10 aromatic carbocycles. The Balaban J connectivity index is 1.13. The maximum atomic E-state index is 2.66. The van der Waals surface area contributed by atoms with Gasteiger partial charge < -0.3 is 9.47 Å². The summed E-state index contributed by atoms with van der Waals surface area (Å²) >= 11 is 0. The fourth-order valence-electron chi connectivity index (χ4n) is 10.1. The van der Waals surface area contributed by atoms with E-state index in [0.29, 0.717) is 0 Å². The Morgan fingerprint density at radius 3 is 1.66 bits per heavy atom. The molecule has 2 nitrogen and oxygen atoms in total. The molecule has 0 bridgehead atoms. The van der Waals surface area contributed by atoms with Crippen molar-refractivity contribution in [3.05, 3.63) is 247 Å². The summed E-state index contributed by atoms with van der Waals surface area (Å²) in [5.74, 6) is 0. The van der Waals surface area contributed by atoms with E-state index in [1.54, 1.807) is 0 Å². The van der Waals surface area contributed by atoms with Crippen molar-refractivity contribution in [2.45, 2.75) is 5.54 Å². The molecule has 0 N–H and O–H groups in total. The van der Waals surface area contributed by atoms with Crippen LogP contribution in [0.15, 0.2) is 231 Å². The molecule has 276 valence electrons. The highest BCUT2D eigenvalue weighted by Crippen LogP contribution is 2.56. The number of aromatic nitrogens is 1. The van der Waals surface area contributed by atoms with Crippen LogP contribution in [-0.4, -0.2) is 4.57 Å². The molecule has 12 rings (SSSR count). The lowest BCUT2D eigenvalue weighted by atomic mass is 9.79. The third-order valence-electron chi connectivity index (χ3n) is 12.6. The molecule has 1 heterocycles. The summed E-state index contributed by atoms with van der Waals surface area (Å²) in [5.41, 5.74) is 13.8. The van der Waals surface area contributed by atoms with Crippen LogP contribution in [0.25, 0.3) is 65.6 Å². The van der Waals surface area contributed by atoms with Gasteiger partial charge in [0.1, 0.15) is 5.54 Å². The molecule has 1 aliphatic carbocycles. The van der Waals surface area contributed by atoms with Crippen LogP contribution in [0.2, 0.25) is 0 Å². The number of para-hydroxylation sites is 2. The smallest absolute Gasteiger partial charge is 0.122 e. The van der Waals surface area contributed by atoms with Gasteiger partial charge >= 0.3 is 0 Å². The summed E-state index contributed by atoms with van der Waals surface area (Å²) in [4.78, 5) is 2.40. The van der Waals surface area contributed by atoms with Crippen LogP contribution in [0.1, 0.15) is 16.7 Å². The summed E-state index contributed by atoms with van der Waals surface area (Å²) in [5, 5.41) is 7.44. The molecular formula is C57H38N2. The van der Waals surface area contributed by atoms with Crippen molar-refractivity contribution in [2.24, 2.45) is 0 Å². The lowest BCUT2D eigenvalue weighted by Crippen LogP contribution is -2.35. The minimum Gasteiger partial charge on any atom is -0.322 e. The zero-order valence-corrected chi connectivity index (χ0v) is 32.3. The predicted molar refractivity (Wildman–Crippen MR) is 248 cm³/mol. The lowest BCUT2D eigenvalue weighted by molar-refractivity contribution is 0.564. The molecule has 0 atom stereocenters. The van der Waals surface area contributed by atoms with Gasteiger partial charge in [-0.25, -0.2) is 0 Å². The molecule has 11 aromatic rings. The predicted octanol–water partition coefficient (Wildman–Crippen LogP) is 15.1. The van der Waals surface area contributed by atoms with Gasteiger partial charge in [0.15, 0.2) is 0 Å². The van der Waals surface area contributed by atoms with Crippen LogP contribution in [-0.2, 0) is 5.54 Å². The SMILES string of the molecule is c1ccc(N(c2ccc(-c3cccc4ccccc34)cc2)c2ccc3c4ccccc4n(C4(c5ccc6ccccc6c5)c5ccccc5-c5ccccc54)c3c2)cc1. The van der Waals surface area contributed by atoms with E-state index >= 15 is 0 Å². The summed E-state index contributed by atoms with van der Waals surface area (Å²) in [6.45, 7) is 0. The zero-order valence-electron chi connectivity index (χ0n) is 32.3. The third kappa shape index (κ3) is 5.00. The Labute approximate surface area is 343 Å². The molecule has 2 heteroatoms. The van der Waals surface area contributed by atoms with Crippen LogP contribution >= 0.6 is 0 Å². The van der Waals surface area contributed by atoms with Gasteiger partial charge in [0.25, 0.3) is 0 Å². The summed E-state index contributed by atoms with van der Waals surface area (Å²) in [6, 6.07) is 84.9. The highest BCUT2D eigenvalue weighted by atomic mass is 15.1. The van der Waals surface area contributed by atoms with E-state index in [0.717, 1.165) is 17.1 Å². The van der Waals surface area contributed by atoms with Crippen molar-refractivity contribution in [2.75, 3.05) is 4.90 Å². The van der Waals surface area contributed by atoms with E-state index in [1.165, 1.54) is 82.3 Å². The highest BCUT2D eigenvalue weighted by Gasteiger charge is 2.47. The largest absolute Gasteiger partial charge is 0.322 e. The van der Waals surface area contributed by atoms with Gasteiger partial charge in [0.2, 0.25) is 0 Å². The summed E-state index contributed by atoms with van der Waals surface area (Å²) < 4.78 is 2.66. The quantitative estimate of drug-likeness (QED) is 0.164. The molecule has 0 radical (unpaired) electrons. The van der Waals surface area contributed by atoms with Crippen molar-refractivity contribution in [3.8, 4) is 22.3 Å². The summed E-state index contributed by atoms with van der Waals surface area (Å²) in [6.07, 6.45) is 0.